The predicted octanol–water partition coefficient (Wildman–Crippen LogP) is 1.06. The van der Waals surface area contributed by atoms with Gasteiger partial charge < -0.3 is 15.2 Å². The van der Waals surface area contributed by atoms with Crippen LogP contribution in [0.2, 0.25) is 0 Å². The number of rotatable bonds is 11. The summed E-state index contributed by atoms with van der Waals surface area (Å²) in [5.74, 6) is 0. The molecule has 2 saturated heterocycles. The highest BCUT2D eigenvalue weighted by Crippen LogP contribution is 2.53. The third-order valence-corrected chi connectivity index (χ3v) is 6.32. The van der Waals surface area contributed by atoms with Gasteiger partial charge >= 0.3 is 15.4 Å². The predicted molar refractivity (Wildman–Crippen MR) is 100 cm³/mol. The quantitative estimate of drug-likeness (QED) is 0.212. The lowest BCUT2D eigenvalue weighted by Crippen LogP contribution is -2.32. The summed E-state index contributed by atoms with van der Waals surface area (Å²) in [5, 5.41) is 5.22. The molecule has 12 nitrogen and oxygen atoms in total. The molecule has 0 amide bonds. The number of nitrogens with zero attached hydrogens (tertiary/aromatic N) is 2. The molecule has 2 aliphatic heterocycles. The molecule has 16 heteroatoms. The van der Waals surface area contributed by atoms with Gasteiger partial charge in [-0.25, -0.2) is 9.13 Å². The first-order valence-electron chi connectivity index (χ1n) is 9.01. The van der Waals surface area contributed by atoms with E-state index in [0.29, 0.717) is 0 Å². The summed E-state index contributed by atoms with van der Waals surface area (Å²) in [7, 11) is -1.40. The lowest BCUT2D eigenvalue weighted by atomic mass is 9.51. The fourth-order valence-corrected chi connectivity index (χ4v) is 4.78. The van der Waals surface area contributed by atoms with E-state index in [9.17, 15) is 9.13 Å². The van der Waals surface area contributed by atoms with Crippen LogP contribution in [0.15, 0.2) is 0 Å². The van der Waals surface area contributed by atoms with Crippen molar-refractivity contribution in [1.82, 2.24) is 0 Å². The van der Waals surface area contributed by atoms with Gasteiger partial charge in [-0.3, -0.25) is 13.6 Å². The van der Waals surface area contributed by atoms with Crippen LogP contribution in [0.3, 0.4) is 0 Å². The maximum Gasteiger partial charge on any atom is 0.603 e. The molecular weight excluding hydrogens is 426 g/mol. The van der Waals surface area contributed by atoms with Crippen molar-refractivity contribution in [2.45, 2.75) is 43.3 Å². The van der Waals surface area contributed by atoms with Crippen molar-refractivity contribution in [3.63, 3.8) is 0 Å². The Balaban J connectivity index is 2.05. The number of hydrogen-bond acceptors (Lipinski definition) is 10. The van der Waals surface area contributed by atoms with E-state index >= 15 is 0 Å². The fraction of sp³-hybridized carbons (Fsp3) is 0.846. The van der Waals surface area contributed by atoms with Crippen molar-refractivity contribution in [3.05, 3.63) is 23.2 Å². The smallest absolute Gasteiger partial charge is 0.380 e. The second-order valence-electron chi connectivity index (χ2n) is 6.10. The van der Waals surface area contributed by atoms with E-state index in [1.165, 1.54) is 7.17 Å². The molecular formula is C13H20B2N3O9P2. The van der Waals surface area contributed by atoms with Crippen LogP contribution in [0.4, 0.5) is 0 Å². The first kappa shape index (κ1) is 22.6. The number of phosphoric acid groups is 1. The fourth-order valence-electron chi connectivity index (χ4n) is 2.75. The van der Waals surface area contributed by atoms with Crippen LogP contribution in [-0.4, -0.2) is 71.7 Å². The summed E-state index contributed by atoms with van der Waals surface area (Å²) in [5.41, 5.74) is 5.55. The summed E-state index contributed by atoms with van der Waals surface area (Å²) in [6.07, 6.45) is -3.18. The van der Waals surface area contributed by atoms with Gasteiger partial charge in [0.25, 0.3) is 0 Å². The number of ether oxygens (including phenoxy) is 2. The van der Waals surface area contributed by atoms with Gasteiger partial charge in [-0.1, -0.05) is 4.62 Å². The Kier molecular flexibility index (Phi) is 8.43. The largest absolute Gasteiger partial charge is 0.603 e. The molecule has 2 aliphatic rings. The van der Waals surface area contributed by atoms with Gasteiger partial charge in [0, 0.05) is 33.3 Å². The summed E-state index contributed by atoms with van der Waals surface area (Å²) in [4.78, 5) is 0. The molecule has 0 aromatic carbocycles. The molecule has 8 atom stereocenters. The van der Waals surface area contributed by atoms with Crippen molar-refractivity contribution >= 4 is 30.3 Å². The third-order valence-electron chi connectivity index (χ3n) is 4.01. The van der Waals surface area contributed by atoms with Gasteiger partial charge in [-0.15, -0.1) is 4.62 Å². The molecule has 2 fully saturated rings. The van der Waals surface area contributed by atoms with Crippen molar-refractivity contribution < 1.29 is 42.8 Å². The Morgan fingerprint density at radius 2 is 2.00 bits per heavy atom. The normalized spacial score (nSPS) is 36.1. The molecule has 3 radical (unpaired) electrons. The van der Waals surface area contributed by atoms with Gasteiger partial charge in [-0.2, -0.15) is 13.1 Å². The average Bonchev–Trinajstić information content (AvgIpc) is 3.21. The first-order valence-corrected chi connectivity index (χ1v) is 11.9. The van der Waals surface area contributed by atoms with E-state index in [1.54, 1.807) is 0 Å². The van der Waals surface area contributed by atoms with Crippen LogP contribution in [0, 0.1) is 13.1 Å². The van der Waals surface area contributed by atoms with Crippen molar-refractivity contribution in [1.29, 1.82) is 0 Å². The Bertz CT molecular complexity index is 769. The van der Waals surface area contributed by atoms with Crippen LogP contribution < -0.4 is 5.73 Å². The number of phosphoric ester groups is 1. The van der Waals surface area contributed by atoms with Crippen LogP contribution in [0.25, 0.3) is 10.0 Å². The molecule has 0 aromatic heterocycles. The van der Waals surface area contributed by atoms with Gasteiger partial charge in [0.05, 0.1) is 34.0 Å². The lowest BCUT2D eigenvalue weighted by molar-refractivity contribution is -0.0124. The van der Waals surface area contributed by atoms with Gasteiger partial charge in [0.15, 0.2) is 0 Å². The molecule has 0 spiro atoms. The third kappa shape index (κ3) is 6.99. The minimum Gasteiger partial charge on any atom is -0.380 e. The Labute approximate surface area is 172 Å². The lowest BCUT2D eigenvalue weighted by Gasteiger charge is -2.22. The van der Waals surface area contributed by atoms with E-state index in [2.05, 4.69) is 19.3 Å². The van der Waals surface area contributed by atoms with E-state index < -0.39 is 59.0 Å². The van der Waals surface area contributed by atoms with Crippen LogP contribution >= 0.6 is 15.4 Å². The van der Waals surface area contributed by atoms with Crippen molar-refractivity contribution in [3.8, 4) is 0 Å². The summed E-state index contributed by atoms with van der Waals surface area (Å²) < 4.78 is 68.3. The maximum absolute atomic E-state index is 12.9. The number of nitrogens with two attached hydrogens (primary N) is 1. The molecule has 0 aromatic rings. The maximum atomic E-state index is 12.9. The molecule has 2 rings (SSSR count). The Morgan fingerprint density at radius 1 is 1.28 bits per heavy atom. The molecule has 0 aliphatic carbocycles. The molecule has 2 heterocycles. The molecule has 157 valence electrons. The molecule has 0 saturated carbocycles. The first-order chi connectivity index (χ1) is 14.1. The van der Waals surface area contributed by atoms with Crippen molar-refractivity contribution in [2.75, 3.05) is 26.4 Å². The highest BCUT2D eigenvalue weighted by atomic mass is 31.2. The SMILES string of the molecule is [3H]C1CC(OP(=O)(OCC2OC([B][B])CC2OP(C)(=O)O[N+]#[C-])O[N+]#[C-])C(CN)O1. The molecule has 29 heavy (non-hydrogen) atoms. The van der Waals surface area contributed by atoms with Crippen molar-refractivity contribution in [2.24, 2.45) is 5.73 Å². The molecule has 0 bridgehead atoms. The highest BCUT2D eigenvalue weighted by molar-refractivity contribution is 7.53. The summed E-state index contributed by atoms with van der Waals surface area (Å²) >= 11 is 0. The van der Waals surface area contributed by atoms with E-state index in [4.69, 9.17) is 51.0 Å². The summed E-state index contributed by atoms with van der Waals surface area (Å²) in [6, 6.07) is -0.590. The van der Waals surface area contributed by atoms with Crippen LogP contribution in [-0.2, 0) is 41.4 Å². The van der Waals surface area contributed by atoms with Gasteiger partial charge in [-0.05, 0) is 16.4 Å². The van der Waals surface area contributed by atoms with E-state index in [1.807, 2.05) is 0 Å². The highest BCUT2D eigenvalue weighted by Gasteiger charge is 2.45. The standard InChI is InChI=1S/C13H20B2N3O9P2/c1-17-26-28(3,19)24-10-6-13(15-14)23-12(10)8-22-29(20,27-18-2)25-9-4-5-21-11(9)7-16/h9-13H,4-8,16H2,3H3/i5T. The second kappa shape index (κ2) is 10.8. The summed E-state index contributed by atoms with van der Waals surface area (Å²) in [6.45, 7) is 13.2. The van der Waals surface area contributed by atoms with E-state index in [-0.39, 0.29) is 19.4 Å². The topological polar surface area (TPSA) is 133 Å². The zero-order chi connectivity index (χ0) is 22.4. The zero-order valence-corrected chi connectivity index (χ0v) is 17.3. The van der Waals surface area contributed by atoms with Gasteiger partial charge in [0.2, 0.25) is 0 Å². The van der Waals surface area contributed by atoms with E-state index in [0.717, 1.165) is 6.66 Å². The minimum absolute atomic E-state index is 0.000563. The number of hydrogen-bond donors (Lipinski definition) is 1. The van der Waals surface area contributed by atoms with Crippen LogP contribution in [0.5, 0.6) is 0 Å². The minimum atomic E-state index is -4.42. The molecule has 8 unspecified atom stereocenters. The monoisotopic (exact) mass is 448 g/mol. The Hall–Kier alpha value is -1.07. The Morgan fingerprint density at radius 3 is 2.62 bits per heavy atom. The van der Waals surface area contributed by atoms with Crippen LogP contribution in [0.1, 0.15) is 14.2 Å². The second-order valence-corrected chi connectivity index (χ2v) is 9.55. The van der Waals surface area contributed by atoms with Gasteiger partial charge in [0.1, 0.15) is 12.2 Å². The zero-order valence-electron chi connectivity index (χ0n) is 16.5. The molecule has 2 N–H and O–H groups in total. The average molecular weight is 448 g/mol.